The molecule has 0 bridgehead atoms. The van der Waals surface area contributed by atoms with Crippen LogP contribution in [-0.4, -0.2) is 67.7 Å². The third kappa shape index (κ3) is 5.61. The van der Waals surface area contributed by atoms with E-state index in [0.717, 1.165) is 0 Å². The number of hydrogen-bond acceptors (Lipinski definition) is 7. The Labute approximate surface area is 273 Å². The van der Waals surface area contributed by atoms with Crippen molar-refractivity contribution < 1.29 is 24.2 Å². The van der Waals surface area contributed by atoms with Crippen molar-refractivity contribution in [2.24, 2.45) is 0 Å². The molecule has 1 unspecified atom stereocenters. The van der Waals surface area contributed by atoms with Crippen molar-refractivity contribution in [1.29, 1.82) is 5.26 Å². The van der Waals surface area contributed by atoms with Gasteiger partial charge in [0, 0.05) is 0 Å². The molecule has 4 rings (SSSR count). The van der Waals surface area contributed by atoms with Crippen LogP contribution in [0, 0.1) is 11.3 Å². The average molecular weight is 646 g/mol. The zero-order chi connectivity index (χ0) is 33.7. The second kappa shape index (κ2) is 13.8. The van der Waals surface area contributed by atoms with E-state index in [2.05, 4.69) is 6.07 Å². The number of benzene rings is 3. The van der Waals surface area contributed by atoms with E-state index in [1.165, 1.54) is 14.2 Å². The normalized spacial score (nSPS) is 15.0. The molecule has 0 amide bonds. The van der Waals surface area contributed by atoms with E-state index in [-0.39, 0.29) is 18.5 Å². The minimum absolute atomic E-state index is 0.171. The predicted octanol–water partition coefficient (Wildman–Crippen LogP) is 6.52. The molecule has 0 spiro atoms. The number of methoxy groups -OCH3 is 2. The molecule has 1 aromatic heterocycles. The summed E-state index contributed by atoms with van der Waals surface area (Å²) in [4.78, 5) is 39.7. The van der Waals surface area contributed by atoms with Crippen LogP contribution in [0.2, 0.25) is 0 Å². The maximum absolute atomic E-state index is 12.6. The molecule has 0 aliphatic heterocycles. The van der Waals surface area contributed by atoms with Gasteiger partial charge in [-0.05, 0) is 0 Å². The minimum atomic E-state index is -6.18. The number of ether oxygens (including phenoxy) is 2. The van der Waals surface area contributed by atoms with E-state index >= 15 is 0 Å². The summed E-state index contributed by atoms with van der Waals surface area (Å²) in [6, 6.07) is 34.2. The van der Waals surface area contributed by atoms with Crippen molar-refractivity contribution in [2.45, 2.75) is 69.2 Å². The van der Waals surface area contributed by atoms with Gasteiger partial charge in [0.15, 0.2) is 0 Å². The fraction of sp³-hybridized carbons (Fsp3) is 0.378. The first-order valence-corrected chi connectivity index (χ1v) is 18.0. The van der Waals surface area contributed by atoms with Gasteiger partial charge in [-0.2, -0.15) is 0 Å². The zero-order valence-corrected chi connectivity index (χ0v) is 28.6. The fourth-order valence-corrected chi connectivity index (χ4v) is 10.4. The Morgan fingerprint density at radius 3 is 1.43 bits per heavy atom. The van der Waals surface area contributed by atoms with Gasteiger partial charge in [-0.1, -0.05) is 0 Å². The summed E-state index contributed by atoms with van der Waals surface area (Å²) in [5.41, 5.74) is -4.32. The predicted molar refractivity (Wildman–Crippen MR) is 184 cm³/mol. The molecule has 3 N–H and O–H groups in total. The quantitative estimate of drug-likeness (QED) is 0.0768. The van der Waals surface area contributed by atoms with E-state index in [0.29, 0.717) is 23.2 Å². The van der Waals surface area contributed by atoms with Crippen LogP contribution in [0.15, 0.2) is 116 Å². The Kier molecular flexibility index (Phi) is 10.6. The zero-order valence-electron chi connectivity index (χ0n) is 27.7. The summed E-state index contributed by atoms with van der Waals surface area (Å²) in [5.74, 6) is 0. The topological polar surface area (TPSA) is 111 Å². The molecule has 0 fully saturated rings. The van der Waals surface area contributed by atoms with Crippen LogP contribution in [-0.2, 0) is 21.4 Å². The SMILES string of the molecule is COC(OC)(C(C#N)(N(C(C)C)C(C)C)C(c1ccccc1)(c1ccccc1)c1ccccc1)P(O)(O)(O)CCCn1cccc1. The molecule has 4 aromatic rings. The van der Waals surface area contributed by atoms with E-state index in [4.69, 9.17) is 9.47 Å². The average Bonchev–Trinajstić information content (AvgIpc) is 3.56. The maximum atomic E-state index is 12.6. The molecule has 0 aliphatic carbocycles. The summed E-state index contributed by atoms with van der Waals surface area (Å²) in [5, 5.41) is 12.0. The number of hydrogen-bond donors (Lipinski definition) is 3. The molecule has 9 heteroatoms. The number of aromatic nitrogens is 1. The summed E-state index contributed by atoms with van der Waals surface area (Å²) in [6.07, 6.45) is 3.42. The van der Waals surface area contributed by atoms with Crippen LogP contribution in [0.1, 0.15) is 50.8 Å². The molecule has 0 saturated carbocycles. The first kappa shape index (κ1) is 35.5. The molecule has 46 heavy (non-hydrogen) atoms. The number of aryl methyl sites for hydroxylation is 1. The van der Waals surface area contributed by atoms with E-state index in [1.807, 2.05) is 153 Å². The first-order chi connectivity index (χ1) is 21.9. The number of nitrogens with zero attached hydrogens (tertiary/aromatic N) is 3. The molecule has 0 saturated heterocycles. The van der Waals surface area contributed by atoms with Crippen LogP contribution < -0.4 is 0 Å². The van der Waals surface area contributed by atoms with Crippen LogP contribution in [0.3, 0.4) is 0 Å². The van der Waals surface area contributed by atoms with E-state index in [1.54, 1.807) is 0 Å². The number of rotatable bonds is 15. The van der Waals surface area contributed by atoms with Crippen LogP contribution in [0.5, 0.6) is 0 Å². The van der Waals surface area contributed by atoms with Gasteiger partial charge >= 0.3 is 274 Å². The summed E-state index contributed by atoms with van der Waals surface area (Å²) >= 11 is 0. The van der Waals surface area contributed by atoms with E-state index in [9.17, 15) is 19.9 Å². The second-order valence-corrected chi connectivity index (χ2v) is 15.7. The van der Waals surface area contributed by atoms with Gasteiger partial charge in [-0.25, -0.2) is 0 Å². The van der Waals surface area contributed by atoms with Gasteiger partial charge in [0.2, 0.25) is 0 Å². The standard InChI is InChI=1S/C37H48N3O5P/c1-30(2)40(31(3)4)35(29-38,37(44-5,45-6)46(41,42,43)28-18-27-39-25-16-17-26-39)36(32-19-10-7-11-20-32,33-21-12-8-13-22-33)34-23-14-9-15-24-34/h7-17,19-26,30-31,41-43H,18,27-28H2,1-6H3. The van der Waals surface area contributed by atoms with Crippen molar-refractivity contribution in [2.75, 3.05) is 20.4 Å². The fourth-order valence-electron chi connectivity index (χ4n) is 7.66. The Hall–Kier alpha value is -3.38. The van der Waals surface area contributed by atoms with E-state index < -0.39 is 29.9 Å². The Morgan fingerprint density at radius 2 is 1.11 bits per heavy atom. The molecule has 0 aliphatic rings. The van der Waals surface area contributed by atoms with Gasteiger partial charge < -0.3 is 0 Å². The second-order valence-electron chi connectivity index (χ2n) is 12.4. The molecule has 246 valence electrons. The van der Waals surface area contributed by atoms with Crippen LogP contribution in [0.4, 0.5) is 0 Å². The molecule has 1 heterocycles. The molecular formula is C37H48N3O5P. The van der Waals surface area contributed by atoms with Crippen molar-refractivity contribution in [3.05, 3.63) is 132 Å². The molecule has 8 nitrogen and oxygen atoms in total. The van der Waals surface area contributed by atoms with Gasteiger partial charge in [0.05, 0.1) is 0 Å². The van der Waals surface area contributed by atoms with Gasteiger partial charge in [-0.15, -0.1) is 0 Å². The number of nitriles is 1. The van der Waals surface area contributed by atoms with Gasteiger partial charge in [-0.3, -0.25) is 0 Å². The monoisotopic (exact) mass is 645 g/mol. The molecule has 3 aromatic carbocycles. The van der Waals surface area contributed by atoms with Crippen molar-refractivity contribution in [3.8, 4) is 6.07 Å². The first-order valence-electron chi connectivity index (χ1n) is 15.7. The molecular weight excluding hydrogens is 597 g/mol. The third-order valence-corrected chi connectivity index (χ3v) is 12.1. The Bertz CT molecular complexity index is 1460. The van der Waals surface area contributed by atoms with Crippen LogP contribution >= 0.6 is 7.28 Å². The molecule has 1 atom stereocenters. The molecule has 0 radical (unpaired) electrons. The van der Waals surface area contributed by atoms with Crippen molar-refractivity contribution in [3.63, 3.8) is 0 Å². The Balaban J connectivity index is 2.27. The van der Waals surface area contributed by atoms with Gasteiger partial charge in [0.1, 0.15) is 0 Å². The van der Waals surface area contributed by atoms with Crippen LogP contribution in [0.25, 0.3) is 0 Å². The summed E-state index contributed by atoms with van der Waals surface area (Å²) < 4.78 is 14.4. The Morgan fingerprint density at radius 1 is 0.717 bits per heavy atom. The van der Waals surface area contributed by atoms with Gasteiger partial charge in [0.25, 0.3) is 0 Å². The summed E-state index contributed by atoms with van der Waals surface area (Å²) in [7, 11) is -3.63. The van der Waals surface area contributed by atoms with Crippen molar-refractivity contribution >= 4 is 7.28 Å². The van der Waals surface area contributed by atoms with Crippen molar-refractivity contribution in [1.82, 2.24) is 9.47 Å². The third-order valence-electron chi connectivity index (χ3n) is 9.09. The summed E-state index contributed by atoms with van der Waals surface area (Å²) in [6.45, 7) is 8.18.